The van der Waals surface area contributed by atoms with Crippen molar-refractivity contribution in [1.29, 1.82) is 0 Å². The molecule has 7 rings (SSSR count). The van der Waals surface area contributed by atoms with Gasteiger partial charge in [0.05, 0.1) is 35.5 Å². The summed E-state index contributed by atoms with van der Waals surface area (Å²) < 4.78 is 8.47. The van der Waals surface area contributed by atoms with Crippen LogP contribution in [0, 0.1) is 5.92 Å². The number of fused-ring (bicyclic) bond motifs is 2. The Hall–Kier alpha value is -4.21. The number of piperidine rings is 1. The van der Waals surface area contributed by atoms with Gasteiger partial charge in [0, 0.05) is 62.1 Å². The molecule has 3 N–H and O–H groups in total. The number of nitrogens with two attached hydrogens (primary N) is 1. The zero-order valence-electron chi connectivity index (χ0n) is 23.6. The van der Waals surface area contributed by atoms with E-state index in [2.05, 4.69) is 30.8 Å². The molecular formula is C28H32N10O4S. The Labute approximate surface area is 251 Å². The normalized spacial score (nSPS) is 18.2. The number of morpholine rings is 1. The molecule has 2 saturated heterocycles. The highest BCUT2D eigenvalue weighted by molar-refractivity contribution is 7.19. The van der Waals surface area contributed by atoms with Crippen LogP contribution in [0.1, 0.15) is 34.0 Å². The number of anilines is 2. The number of carbonyl (C=O) groups excluding carboxylic acids is 1. The van der Waals surface area contributed by atoms with E-state index in [0.29, 0.717) is 50.1 Å². The van der Waals surface area contributed by atoms with E-state index in [1.165, 1.54) is 4.88 Å². The van der Waals surface area contributed by atoms with Gasteiger partial charge >= 0.3 is 5.97 Å². The van der Waals surface area contributed by atoms with Crippen molar-refractivity contribution in [1.82, 2.24) is 39.3 Å². The highest BCUT2D eigenvalue weighted by atomic mass is 32.1. The Morgan fingerprint density at radius 1 is 1.02 bits per heavy atom. The summed E-state index contributed by atoms with van der Waals surface area (Å²) in [6.07, 6.45) is 6.42. The molecule has 0 aromatic carbocycles. The molecule has 3 aliphatic heterocycles. The maximum Gasteiger partial charge on any atom is 0.356 e. The van der Waals surface area contributed by atoms with E-state index in [9.17, 15) is 14.7 Å². The Morgan fingerprint density at radius 3 is 2.53 bits per heavy atom. The number of thiophene rings is 1. The minimum absolute atomic E-state index is 0.0254. The molecule has 224 valence electrons. The summed E-state index contributed by atoms with van der Waals surface area (Å²) in [6, 6.07) is 2.14. The topological polar surface area (TPSA) is 169 Å². The first-order valence-electron chi connectivity index (χ1n) is 14.4. The molecule has 0 spiro atoms. The SMILES string of the molecule is Nc1ncc(-c2nc(N3CCOCC3)c3sc(CN4CCC(C(=O)N5CCn6cc(C(=O)O)nc6C5)CC4)cc3n2)cn1. The summed E-state index contributed by atoms with van der Waals surface area (Å²) in [6.45, 7) is 6.75. The predicted molar refractivity (Wildman–Crippen MR) is 158 cm³/mol. The van der Waals surface area contributed by atoms with E-state index < -0.39 is 5.97 Å². The lowest BCUT2D eigenvalue weighted by molar-refractivity contribution is -0.138. The van der Waals surface area contributed by atoms with Crippen molar-refractivity contribution in [2.75, 3.05) is 56.6 Å². The Bertz CT molecular complexity index is 1660. The zero-order valence-corrected chi connectivity index (χ0v) is 24.4. The van der Waals surface area contributed by atoms with Gasteiger partial charge in [-0.05, 0) is 32.0 Å². The van der Waals surface area contributed by atoms with E-state index in [1.807, 2.05) is 9.47 Å². The van der Waals surface area contributed by atoms with Crippen LogP contribution in [-0.4, -0.2) is 102 Å². The average molecular weight is 605 g/mol. The lowest BCUT2D eigenvalue weighted by Gasteiger charge is -2.35. The summed E-state index contributed by atoms with van der Waals surface area (Å²) in [5.41, 5.74) is 7.32. The molecule has 7 heterocycles. The number of rotatable bonds is 6. The van der Waals surface area contributed by atoms with Gasteiger partial charge in [0.1, 0.15) is 5.82 Å². The third kappa shape index (κ3) is 5.62. The molecule has 0 bridgehead atoms. The number of ether oxygens (including phenoxy) is 1. The van der Waals surface area contributed by atoms with Crippen LogP contribution in [0.3, 0.4) is 0 Å². The Kier molecular flexibility index (Phi) is 7.36. The largest absolute Gasteiger partial charge is 0.476 e. The van der Waals surface area contributed by atoms with Crippen molar-refractivity contribution >= 4 is 45.2 Å². The van der Waals surface area contributed by atoms with Crippen LogP contribution in [0.4, 0.5) is 11.8 Å². The molecule has 0 atom stereocenters. The van der Waals surface area contributed by atoms with Gasteiger partial charge in [0.15, 0.2) is 17.3 Å². The molecule has 3 aliphatic rings. The van der Waals surface area contributed by atoms with Crippen LogP contribution in [-0.2, 0) is 29.2 Å². The zero-order chi connectivity index (χ0) is 29.5. The van der Waals surface area contributed by atoms with Crippen molar-refractivity contribution in [3.05, 3.63) is 41.1 Å². The van der Waals surface area contributed by atoms with Crippen molar-refractivity contribution in [2.24, 2.45) is 5.92 Å². The number of nitrogen functional groups attached to an aromatic ring is 1. The number of amides is 1. The predicted octanol–water partition coefficient (Wildman–Crippen LogP) is 1.72. The molecule has 0 saturated carbocycles. The van der Waals surface area contributed by atoms with Crippen LogP contribution < -0.4 is 10.6 Å². The molecule has 0 unspecified atom stereocenters. The van der Waals surface area contributed by atoms with Crippen LogP contribution in [0.5, 0.6) is 0 Å². The average Bonchev–Trinajstić information content (AvgIpc) is 3.65. The van der Waals surface area contributed by atoms with Gasteiger partial charge in [0.2, 0.25) is 11.9 Å². The van der Waals surface area contributed by atoms with Crippen LogP contribution in [0.25, 0.3) is 21.6 Å². The first kappa shape index (κ1) is 27.6. The fourth-order valence-corrected chi connectivity index (χ4v) is 7.13. The van der Waals surface area contributed by atoms with E-state index in [0.717, 1.165) is 61.6 Å². The number of imidazole rings is 1. The second kappa shape index (κ2) is 11.5. The molecule has 0 radical (unpaired) electrons. The number of hydrogen-bond donors (Lipinski definition) is 2. The molecule has 0 aliphatic carbocycles. The minimum atomic E-state index is -1.05. The molecule has 15 heteroatoms. The second-order valence-corrected chi connectivity index (χ2v) is 12.2. The Morgan fingerprint density at radius 2 is 1.79 bits per heavy atom. The van der Waals surface area contributed by atoms with Gasteiger partial charge in [-0.15, -0.1) is 11.3 Å². The number of carboxylic acid groups (broad SMARTS) is 1. The molecule has 14 nitrogen and oxygen atoms in total. The van der Waals surface area contributed by atoms with Crippen LogP contribution in [0.2, 0.25) is 0 Å². The first-order valence-corrected chi connectivity index (χ1v) is 15.2. The smallest absolute Gasteiger partial charge is 0.356 e. The van der Waals surface area contributed by atoms with Crippen molar-refractivity contribution in [3.8, 4) is 11.4 Å². The molecule has 4 aromatic heterocycles. The highest BCUT2D eigenvalue weighted by Gasteiger charge is 2.32. The fourth-order valence-electron chi connectivity index (χ4n) is 5.97. The van der Waals surface area contributed by atoms with Gasteiger partial charge in [-0.3, -0.25) is 9.69 Å². The lowest BCUT2D eigenvalue weighted by atomic mass is 9.95. The Balaban J connectivity index is 1.04. The number of likely N-dealkylation sites (tertiary alicyclic amines) is 1. The highest BCUT2D eigenvalue weighted by Crippen LogP contribution is 2.35. The van der Waals surface area contributed by atoms with Crippen molar-refractivity contribution < 1.29 is 19.4 Å². The number of carbonyl (C=O) groups is 2. The van der Waals surface area contributed by atoms with Crippen molar-refractivity contribution in [3.63, 3.8) is 0 Å². The third-order valence-electron chi connectivity index (χ3n) is 8.29. The van der Waals surface area contributed by atoms with Gasteiger partial charge in [-0.2, -0.15) is 0 Å². The number of hydrogen-bond acceptors (Lipinski definition) is 12. The summed E-state index contributed by atoms with van der Waals surface area (Å²) >= 11 is 1.72. The van der Waals surface area contributed by atoms with E-state index in [1.54, 1.807) is 29.9 Å². The number of nitrogens with zero attached hydrogens (tertiary/aromatic N) is 9. The second-order valence-electron chi connectivity index (χ2n) is 11.1. The number of carboxylic acids is 1. The molecule has 2 fully saturated rings. The van der Waals surface area contributed by atoms with E-state index in [4.69, 9.17) is 20.4 Å². The summed E-state index contributed by atoms with van der Waals surface area (Å²) in [4.78, 5) is 54.6. The maximum absolute atomic E-state index is 13.4. The van der Waals surface area contributed by atoms with Gasteiger partial charge in [-0.1, -0.05) is 0 Å². The van der Waals surface area contributed by atoms with Gasteiger partial charge in [-0.25, -0.2) is 29.7 Å². The lowest BCUT2D eigenvalue weighted by Crippen LogP contribution is -2.45. The number of aromatic nitrogens is 6. The van der Waals surface area contributed by atoms with Gasteiger partial charge in [0.25, 0.3) is 0 Å². The van der Waals surface area contributed by atoms with Gasteiger partial charge < -0.3 is 29.9 Å². The quantitative estimate of drug-likeness (QED) is 0.327. The molecular weight excluding hydrogens is 572 g/mol. The summed E-state index contributed by atoms with van der Waals surface area (Å²) in [5, 5.41) is 9.24. The first-order chi connectivity index (χ1) is 20.9. The molecule has 43 heavy (non-hydrogen) atoms. The van der Waals surface area contributed by atoms with Crippen LogP contribution in [0.15, 0.2) is 24.7 Å². The summed E-state index contributed by atoms with van der Waals surface area (Å²) in [5.74, 6) is 1.35. The fraction of sp³-hybridized carbons (Fsp3) is 0.464. The van der Waals surface area contributed by atoms with E-state index in [-0.39, 0.29) is 23.5 Å². The molecule has 4 aromatic rings. The third-order valence-corrected chi connectivity index (χ3v) is 9.40. The van der Waals surface area contributed by atoms with Crippen LogP contribution >= 0.6 is 11.3 Å². The minimum Gasteiger partial charge on any atom is -0.476 e. The molecule has 1 amide bonds. The monoisotopic (exact) mass is 604 g/mol. The number of aromatic carboxylic acids is 1. The van der Waals surface area contributed by atoms with E-state index >= 15 is 0 Å². The summed E-state index contributed by atoms with van der Waals surface area (Å²) in [7, 11) is 0. The van der Waals surface area contributed by atoms with Crippen molar-refractivity contribution in [2.45, 2.75) is 32.5 Å². The standard InChI is InChI=1S/C28H32N10O4S/c29-28-30-12-18(13-31-28)24-33-20-11-19(43-23(20)25(34-24)36-7-9-42-10-8-36)14-35-3-1-17(2-4-35)26(39)38-6-5-37-15-21(27(40)41)32-22(37)16-38/h11-13,15,17H,1-10,14,16H2,(H,40,41)(H2,29,30,31). The maximum atomic E-state index is 13.4.